The maximum Gasteiger partial charge on any atom is 0.188 e. The monoisotopic (exact) mass is 352 g/mol. The van der Waals surface area contributed by atoms with Crippen LogP contribution in [-0.2, 0) is 6.54 Å². The van der Waals surface area contributed by atoms with Gasteiger partial charge in [-0.25, -0.2) is 9.97 Å². The van der Waals surface area contributed by atoms with Crippen LogP contribution in [0.3, 0.4) is 0 Å². The second-order valence-electron chi connectivity index (χ2n) is 6.18. The molecule has 3 aromatic heterocycles. The van der Waals surface area contributed by atoms with E-state index in [0.717, 1.165) is 41.8 Å². The molecule has 0 bridgehead atoms. The van der Waals surface area contributed by atoms with Crippen molar-refractivity contribution in [1.29, 1.82) is 0 Å². The van der Waals surface area contributed by atoms with Crippen molar-refractivity contribution >= 4 is 22.3 Å². The summed E-state index contributed by atoms with van der Waals surface area (Å²) in [6.45, 7) is 3.95. The molecule has 7 heteroatoms. The second kappa shape index (κ2) is 7.25. The quantitative estimate of drug-likeness (QED) is 0.755. The lowest BCUT2D eigenvalue weighted by Crippen LogP contribution is -2.24. The molecular weight excluding hydrogens is 332 g/mol. The van der Waals surface area contributed by atoms with Gasteiger partial charge in [-0.2, -0.15) is 0 Å². The third-order valence-corrected chi connectivity index (χ3v) is 5.13. The number of rotatable bonds is 5. The van der Waals surface area contributed by atoms with Crippen LogP contribution in [0.4, 0.5) is 10.9 Å². The second-order valence-corrected chi connectivity index (χ2v) is 7.41. The van der Waals surface area contributed by atoms with Gasteiger partial charge in [0.25, 0.3) is 0 Å². The molecule has 3 aromatic rings. The van der Waals surface area contributed by atoms with E-state index in [9.17, 15) is 0 Å². The highest BCUT2D eigenvalue weighted by molar-refractivity contribution is 7.15. The van der Waals surface area contributed by atoms with Crippen LogP contribution in [0.2, 0.25) is 0 Å². The van der Waals surface area contributed by atoms with Gasteiger partial charge in [0.05, 0.1) is 29.8 Å². The molecule has 1 atom stereocenters. The molecule has 4 heterocycles. The maximum absolute atomic E-state index is 4.78. The van der Waals surface area contributed by atoms with Crippen LogP contribution in [0.5, 0.6) is 0 Å². The Hall–Kier alpha value is -2.38. The Kier molecular flexibility index (Phi) is 4.67. The number of likely N-dealkylation sites (tertiary alicyclic amines) is 1. The van der Waals surface area contributed by atoms with Crippen molar-refractivity contribution in [2.45, 2.75) is 32.4 Å². The lowest BCUT2D eigenvalue weighted by Gasteiger charge is -2.23. The topological polar surface area (TPSA) is 66.8 Å². The Morgan fingerprint density at radius 3 is 3.00 bits per heavy atom. The summed E-state index contributed by atoms with van der Waals surface area (Å²) in [6, 6.07) is 6.35. The van der Waals surface area contributed by atoms with Crippen molar-refractivity contribution in [2.75, 3.05) is 11.9 Å². The van der Waals surface area contributed by atoms with Crippen molar-refractivity contribution in [3.8, 4) is 0 Å². The molecule has 4 rings (SSSR count). The van der Waals surface area contributed by atoms with Crippen LogP contribution in [0.1, 0.15) is 35.1 Å². The smallest absolute Gasteiger partial charge is 0.188 e. The molecule has 0 spiro atoms. The van der Waals surface area contributed by atoms with Gasteiger partial charge in [-0.3, -0.25) is 14.9 Å². The van der Waals surface area contributed by atoms with Crippen LogP contribution in [0.25, 0.3) is 0 Å². The fraction of sp³-hybridized carbons (Fsp3) is 0.333. The van der Waals surface area contributed by atoms with Crippen molar-refractivity contribution in [3.63, 3.8) is 0 Å². The summed E-state index contributed by atoms with van der Waals surface area (Å²) in [5.74, 6) is 0.747. The fourth-order valence-electron chi connectivity index (χ4n) is 3.17. The Bertz CT molecular complexity index is 834. The molecule has 0 aromatic carbocycles. The molecule has 0 amide bonds. The highest BCUT2D eigenvalue weighted by Crippen LogP contribution is 2.32. The van der Waals surface area contributed by atoms with Gasteiger partial charge in [0.1, 0.15) is 0 Å². The van der Waals surface area contributed by atoms with Crippen LogP contribution in [-0.4, -0.2) is 31.4 Å². The van der Waals surface area contributed by atoms with Gasteiger partial charge >= 0.3 is 0 Å². The molecule has 128 valence electrons. The lowest BCUT2D eigenvalue weighted by molar-refractivity contribution is 0.241. The van der Waals surface area contributed by atoms with E-state index in [1.807, 2.05) is 37.6 Å². The van der Waals surface area contributed by atoms with Gasteiger partial charge in [0.2, 0.25) is 0 Å². The first kappa shape index (κ1) is 16.1. The molecule has 1 unspecified atom stereocenters. The minimum atomic E-state index is 0.286. The van der Waals surface area contributed by atoms with Gasteiger partial charge in [-0.05, 0) is 38.4 Å². The summed E-state index contributed by atoms with van der Waals surface area (Å²) in [7, 11) is 0. The van der Waals surface area contributed by atoms with E-state index < -0.39 is 0 Å². The summed E-state index contributed by atoms with van der Waals surface area (Å²) >= 11 is 1.61. The number of nitrogens with one attached hydrogen (secondary N) is 1. The minimum absolute atomic E-state index is 0.286. The van der Waals surface area contributed by atoms with E-state index in [2.05, 4.69) is 31.2 Å². The van der Waals surface area contributed by atoms with Gasteiger partial charge in [0, 0.05) is 23.8 Å². The summed E-state index contributed by atoms with van der Waals surface area (Å²) in [5, 5.41) is 4.10. The number of anilines is 2. The number of pyridine rings is 1. The molecule has 25 heavy (non-hydrogen) atoms. The standard InChI is InChI=1S/C18H20N6S/c1-13-9-21-18(25-13)23-17-11-19-10-15(22-17)16-6-4-8-24(16)12-14-5-2-3-7-20-14/h2-3,5,7,9-11,16H,4,6,8,12H2,1H3,(H,21,22,23). The Labute approximate surface area is 151 Å². The zero-order valence-electron chi connectivity index (χ0n) is 14.1. The number of hydrogen-bond acceptors (Lipinski definition) is 7. The highest BCUT2D eigenvalue weighted by Gasteiger charge is 2.27. The van der Waals surface area contributed by atoms with E-state index in [-0.39, 0.29) is 6.04 Å². The molecule has 0 aliphatic carbocycles. The Morgan fingerprint density at radius 1 is 1.24 bits per heavy atom. The molecule has 1 fully saturated rings. The van der Waals surface area contributed by atoms with Crippen LogP contribution in [0.15, 0.2) is 43.0 Å². The Morgan fingerprint density at radius 2 is 2.20 bits per heavy atom. The summed E-state index contributed by atoms with van der Waals surface area (Å²) in [4.78, 5) is 21.5. The first-order chi connectivity index (χ1) is 12.3. The molecule has 0 saturated carbocycles. The first-order valence-electron chi connectivity index (χ1n) is 8.43. The number of aryl methyl sites for hydroxylation is 1. The predicted molar refractivity (Wildman–Crippen MR) is 98.8 cm³/mol. The molecule has 1 aliphatic heterocycles. The zero-order chi connectivity index (χ0) is 17.1. The van der Waals surface area contributed by atoms with E-state index in [4.69, 9.17) is 4.98 Å². The zero-order valence-corrected chi connectivity index (χ0v) is 14.9. The van der Waals surface area contributed by atoms with Crippen molar-refractivity contribution in [1.82, 2.24) is 24.8 Å². The average molecular weight is 352 g/mol. The SMILES string of the molecule is Cc1cnc(Nc2cncc(C3CCCN3Cc3ccccn3)n2)s1. The van der Waals surface area contributed by atoms with Gasteiger partial charge in [-0.15, -0.1) is 11.3 Å². The number of nitrogens with zero attached hydrogens (tertiary/aromatic N) is 5. The average Bonchev–Trinajstić information content (AvgIpc) is 3.25. The molecular formula is C18H20N6S. The molecule has 6 nitrogen and oxygen atoms in total. The van der Waals surface area contributed by atoms with Crippen LogP contribution >= 0.6 is 11.3 Å². The minimum Gasteiger partial charge on any atom is -0.315 e. The third kappa shape index (κ3) is 3.83. The first-order valence-corrected chi connectivity index (χ1v) is 9.25. The number of hydrogen-bond donors (Lipinski definition) is 1. The van der Waals surface area contributed by atoms with Crippen molar-refractivity contribution < 1.29 is 0 Å². The van der Waals surface area contributed by atoms with Gasteiger partial charge in [-0.1, -0.05) is 6.07 Å². The van der Waals surface area contributed by atoms with Crippen molar-refractivity contribution in [2.24, 2.45) is 0 Å². The normalized spacial score (nSPS) is 17.7. The predicted octanol–water partition coefficient (Wildman–Crippen LogP) is 3.72. The molecule has 1 saturated heterocycles. The van der Waals surface area contributed by atoms with Crippen LogP contribution in [0, 0.1) is 6.92 Å². The van der Waals surface area contributed by atoms with E-state index in [1.165, 1.54) is 11.3 Å². The summed E-state index contributed by atoms with van der Waals surface area (Å²) < 4.78 is 0. The highest BCUT2D eigenvalue weighted by atomic mass is 32.1. The molecule has 0 radical (unpaired) electrons. The number of thiazole rings is 1. The molecule has 1 aliphatic rings. The molecule has 1 N–H and O–H groups in total. The lowest BCUT2D eigenvalue weighted by atomic mass is 10.1. The van der Waals surface area contributed by atoms with E-state index in [0.29, 0.717) is 0 Å². The number of aromatic nitrogens is 4. The third-order valence-electron chi connectivity index (χ3n) is 4.31. The Balaban J connectivity index is 1.51. The largest absolute Gasteiger partial charge is 0.315 e. The van der Waals surface area contributed by atoms with Gasteiger partial charge in [0.15, 0.2) is 10.9 Å². The van der Waals surface area contributed by atoms with E-state index >= 15 is 0 Å². The van der Waals surface area contributed by atoms with Crippen LogP contribution < -0.4 is 5.32 Å². The summed E-state index contributed by atoms with van der Waals surface area (Å²) in [6.07, 6.45) is 9.60. The fourth-order valence-corrected chi connectivity index (χ4v) is 3.85. The summed E-state index contributed by atoms with van der Waals surface area (Å²) in [5.41, 5.74) is 2.10. The van der Waals surface area contributed by atoms with Crippen molar-refractivity contribution in [3.05, 3.63) is 59.3 Å². The van der Waals surface area contributed by atoms with Gasteiger partial charge < -0.3 is 5.32 Å². The maximum atomic E-state index is 4.78. The van der Waals surface area contributed by atoms with E-state index in [1.54, 1.807) is 17.5 Å².